The fourth-order valence-electron chi connectivity index (χ4n) is 1.90. The van der Waals surface area contributed by atoms with Crippen LogP contribution in [0.2, 0.25) is 0 Å². The summed E-state index contributed by atoms with van der Waals surface area (Å²) in [5.41, 5.74) is 0.120. The van der Waals surface area contributed by atoms with Crippen molar-refractivity contribution in [2.24, 2.45) is 0 Å². The maximum Gasteiger partial charge on any atom is 0.341 e. The van der Waals surface area contributed by atoms with Gasteiger partial charge >= 0.3 is 5.97 Å². The lowest BCUT2D eigenvalue weighted by Gasteiger charge is -2.16. The molecule has 0 aliphatic carbocycles. The second-order valence-electron chi connectivity index (χ2n) is 3.96. The molecule has 0 atom stereocenters. The van der Waals surface area contributed by atoms with Crippen LogP contribution >= 0.6 is 0 Å². The van der Waals surface area contributed by atoms with Crippen molar-refractivity contribution in [3.05, 3.63) is 11.8 Å². The molecule has 6 nitrogen and oxygen atoms in total. The number of carbonyl (C=O) groups is 1. The number of aromatic nitrogens is 2. The third kappa shape index (κ3) is 2.46. The predicted molar refractivity (Wildman–Crippen MR) is 64.6 cm³/mol. The van der Waals surface area contributed by atoms with Crippen molar-refractivity contribution in [1.29, 1.82) is 0 Å². The van der Waals surface area contributed by atoms with E-state index in [1.165, 1.54) is 6.20 Å². The third-order valence-electron chi connectivity index (χ3n) is 2.74. The van der Waals surface area contributed by atoms with Crippen molar-refractivity contribution >= 4 is 17.7 Å². The first-order valence-electron chi connectivity index (χ1n) is 5.81. The van der Waals surface area contributed by atoms with Crippen LogP contribution in [0.5, 0.6) is 0 Å². The molecule has 0 saturated carbocycles. The SMILES string of the molecule is CCNc1nc(N2CCCC2)ncc1C(=O)O. The molecule has 17 heavy (non-hydrogen) atoms. The number of nitrogens with zero attached hydrogens (tertiary/aromatic N) is 3. The van der Waals surface area contributed by atoms with Gasteiger partial charge in [-0.25, -0.2) is 9.78 Å². The summed E-state index contributed by atoms with van der Waals surface area (Å²) >= 11 is 0. The minimum absolute atomic E-state index is 0.120. The maximum atomic E-state index is 11.0. The van der Waals surface area contributed by atoms with Crippen LogP contribution in [0.1, 0.15) is 30.1 Å². The molecule has 0 amide bonds. The van der Waals surface area contributed by atoms with Crippen LogP contribution < -0.4 is 10.2 Å². The minimum atomic E-state index is -1.01. The number of nitrogens with one attached hydrogen (secondary N) is 1. The monoisotopic (exact) mass is 236 g/mol. The number of carboxylic acids is 1. The Morgan fingerprint density at radius 1 is 1.53 bits per heavy atom. The Bertz CT molecular complexity index is 416. The van der Waals surface area contributed by atoms with Gasteiger partial charge < -0.3 is 15.3 Å². The van der Waals surface area contributed by atoms with Gasteiger partial charge in [0.15, 0.2) is 0 Å². The molecule has 2 heterocycles. The lowest BCUT2D eigenvalue weighted by Crippen LogP contribution is -2.22. The first-order chi connectivity index (χ1) is 8.22. The smallest absolute Gasteiger partial charge is 0.341 e. The highest BCUT2D eigenvalue weighted by molar-refractivity contribution is 5.92. The molecule has 1 aliphatic rings. The summed E-state index contributed by atoms with van der Waals surface area (Å²) in [5, 5.41) is 12.0. The fourth-order valence-corrected chi connectivity index (χ4v) is 1.90. The third-order valence-corrected chi connectivity index (χ3v) is 2.74. The normalized spacial score (nSPS) is 15.0. The van der Waals surface area contributed by atoms with Crippen molar-refractivity contribution in [3.8, 4) is 0 Å². The van der Waals surface area contributed by atoms with Crippen LogP contribution in [0, 0.1) is 0 Å². The van der Waals surface area contributed by atoms with E-state index >= 15 is 0 Å². The van der Waals surface area contributed by atoms with Gasteiger partial charge in [-0.15, -0.1) is 0 Å². The standard InChI is InChI=1S/C11H16N4O2/c1-2-12-9-8(10(16)17)7-13-11(14-9)15-5-3-4-6-15/h7H,2-6H2,1H3,(H,16,17)(H,12,13,14). The van der Waals surface area contributed by atoms with Gasteiger partial charge in [-0.1, -0.05) is 0 Å². The molecule has 0 bridgehead atoms. The highest BCUT2D eigenvalue weighted by Crippen LogP contribution is 2.19. The second-order valence-corrected chi connectivity index (χ2v) is 3.96. The van der Waals surface area contributed by atoms with E-state index in [0.29, 0.717) is 18.3 Å². The maximum absolute atomic E-state index is 11.0. The van der Waals surface area contributed by atoms with Gasteiger partial charge in [0.2, 0.25) is 5.95 Å². The molecule has 0 spiro atoms. The van der Waals surface area contributed by atoms with E-state index in [4.69, 9.17) is 5.11 Å². The first-order valence-corrected chi connectivity index (χ1v) is 5.81. The molecule has 2 rings (SSSR count). The van der Waals surface area contributed by atoms with Crippen LogP contribution in [0.15, 0.2) is 6.20 Å². The van der Waals surface area contributed by atoms with Gasteiger partial charge in [0.25, 0.3) is 0 Å². The lowest BCUT2D eigenvalue weighted by atomic mass is 10.3. The van der Waals surface area contributed by atoms with E-state index in [0.717, 1.165) is 25.9 Å². The first kappa shape index (κ1) is 11.6. The van der Waals surface area contributed by atoms with E-state index in [1.807, 2.05) is 6.92 Å². The molecule has 0 unspecified atom stereocenters. The lowest BCUT2D eigenvalue weighted by molar-refractivity contribution is 0.0697. The number of hydrogen-bond donors (Lipinski definition) is 2. The Balaban J connectivity index is 2.30. The van der Waals surface area contributed by atoms with E-state index in [1.54, 1.807) is 0 Å². The Morgan fingerprint density at radius 3 is 2.82 bits per heavy atom. The zero-order valence-corrected chi connectivity index (χ0v) is 9.81. The van der Waals surface area contributed by atoms with Crippen LogP contribution in [-0.4, -0.2) is 40.7 Å². The molecule has 0 aromatic carbocycles. The molecule has 92 valence electrons. The second kappa shape index (κ2) is 4.99. The predicted octanol–water partition coefficient (Wildman–Crippen LogP) is 1.21. The summed E-state index contributed by atoms with van der Waals surface area (Å²) in [7, 11) is 0. The quantitative estimate of drug-likeness (QED) is 0.818. The fraction of sp³-hybridized carbons (Fsp3) is 0.545. The van der Waals surface area contributed by atoms with Crippen molar-refractivity contribution < 1.29 is 9.90 Å². The molecule has 6 heteroatoms. The number of carboxylic acid groups (broad SMARTS) is 1. The summed E-state index contributed by atoms with van der Waals surface area (Å²) < 4.78 is 0. The average molecular weight is 236 g/mol. The number of aromatic carboxylic acids is 1. The number of rotatable bonds is 4. The zero-order valence-electron chi connectivity index (χ0n) is 9.81. The summed E-state index contributed by atoms with van der Waals surface area (Å²) in [6.07, 6.45) is 3.65. The van der Waals surface area contributed by atoms with E-state index in [2.05, 4.69) is 20.2 Å². The van der Waals surface area contributed by atoms with Crippen LogP contribution in [0.4, 0.5) is 11.8 Å². The average Bonchev–Trinajstić information content (AvgIpc) is 2.82. The molecule has 0 radical (unpaired) electrons. The summed E-state index contributed by atoms with van der Waals surface area (Å²) in [5.74, 6) is 0.00859. The summed E-state index contributed by atoms with van der Waals surface area (Å²) in [6, 6.07) is 0. The number of hydrogen-bond acceptors (Lipinski definition) is 5. The van der Waals surface area contributed by atoms with Crippen molar-refractivity contribution in [3.63, 3.8) is 0 Å². The Hall–Kier alpha value is -1.85. The van der Waals surface area contributed by atoms with Crippen molar-refractivity contribution in [2.75, 3.05) is 29.9 Å². The highest BCUT2D eigenvalue weighted by atomic mass is 16.4. The van der Waals surface area contributed by atoms with E-state index in [-0.39, 0.29) is 5.56 Å². The topological polar surface area (TPSA) is 78.4 Å². The van der Waals surface area contributed by atoms with Gasteiger partial charge in [0, 0.05) is 25.8 Å². The molecule has 1 aromatic heterocycles. The molecule has 2 N–H and O–H groups in total. The van der Waals surface area contributed by atoms with Crippen LogP contribution in [0.25, 0.3) is 0 Å². The van der Waals surface area contributed by atoms with Crippen molar-refractivity contribution in [1.82, 2.24) is 9.97 Å². The molecular formula is C11H16N4O2. The Morgan fingerprint density at radius 2 is 2.24 bits per heavy atom. The molecule has 1 aromatic rings. The summed E-state index contributed by atoms with van der Waals surface area (Å²) in [4.78, 5) is 21.5. The summed E-state index contributed by atoms with van der Waals surface area (Å²) in [6.45, 7) is 4.43. The van der Waals surface area contributed by atoms with Gasteiger partial charge in [0.1, 0.15) is 11.4 Å². The Kier molecular flexibility index (Phi) is 3.41. The van der Waals surface area contributed by atoms with Gasteiger partial charge in [-0.05, 0) is 19.8 Å². The molecule has 1 saturated heterocycles. The Labute approximate surface area is 99.7 Å². The number of anilines is 2. The van der Waals surface area contributed by atoms with Crippen molar-refractivity contribution in [2.45, 2.75) is 19.8 Å². The highest BCUT2D eigenvalue weighted by Gasteiger charge is 2.18. The van der Waals surface area contributed by atoms with Gasteiger partial charge in [-0.2, -0.15) is 4.98 Å². The molecular weight excluding hydrogens is 220 g/mol. The van der Waals surface area contributed by atoms with Gasteiger partial charge in [0.05, 0.1) is 0 Å². The van der Waals surface area contributed by atoms with E-state index < -0.39 is 5.97 Å². The van der Waals surface area contributed by atoms with Gasteiger partial charge in [-0.3, -0.25) is 0 Å². The van der Waals surface area contributed by atoms with Crippen LogP contribution in [0.3, 0.4) is 0 Å². The van der Waals surface area contributed by atoms with Crippen LogP contribution in [-0.2, 0) is 0 Å². The molecule has 1 aliphatic heterocycles. The minimum Gasteiger partial charge on any atom is -0.477 e. The molecule has 1 fully saturated rings. The van der Waals surface area contributed by atoms with E-state index in [9.17, 15) is 4.79 Å². The largest absolute Gasteiger partial charge is 0.477 e. The zero-order chi connectivity index (χ0) is 12.3.